The van der Waals surface area contributed by atoms with Crippen LogP contribution in [-0.4, -0.2) is 45.1 Å². The fraction of sp³-hybridized carbons (Fsp3) is 0.545. The first-order valence-electron chi connectivity index (χ1n) is 10.3. The predicted molar refractivity (Wildman–Crippen MR) is 104 cm³/mol. The van der Waals surface area contributed by atoms with Crippen molar-refractivity contribution in [3.05, 3.63) is 36.2 Å². The van der Waals surface area contributed by atoms with Crippen LogP contribution < -0.4 is 0 Å². The van der Waals surface area contributed by atoms with Gasteiger partial charge in [0.25, 0.3) is 0 Å². The average molecular weight is 395 g/mol. The highest BCUT2D eigenvalue weighted by Gasteiger charge is 2.68. The van der Waals surface area contributed by atoms with E-state index in [0.29, 0.717) is 24.8 Å². The first kappa shape index (κ1) is 18.3. The van der Waals surface area contributed by atoms with E-state index < -0.39 is 23.2 Å². The fourth-order valence-corrected chi connectivity index (χ4v) is 5.69. The zero-order valence-electron chi connectivity index (χ0n) is 16.7. The third-order valence-electron chi connectivity index (χ3n) is 7.43. The number of amides is 1. The molecule has 0 radical (unpaired) electrons. The second-order valence-corrected chi connectivity index (χ2v) is 9.37. The Kier molecular flexibility index (Phi) is 3.89. The van der Waals surface area contributed by atoms with Crippen LogP contribution in [0.2, 0.25) is 0 Å². The highest BCUT2D eigenvalue weighted by molar-refractivity contribution is 5.92. The number of nitrogens with zero attached hydrogens (tertiary/aromatic N) is 3. The zero-order valence-corrected chi connectivity index (χ0v) is 16.7. The Morgan fingerprint density at radius 2 is 1.97 bits per heavy atom. The predicted octanol–water partition coefficient (Wildman–Crippen LogP) is 2.97. The molecule has 1 N–H and O–H groups in total. The van der Waals surface area contributed by atoms with Gasteiger partial charge in [0.1, 0.15) is 0 Å². The van der Waals surface area contributed by atoms with Crippen LogP contribution in [0, 0.1) is 23.2 Å². The van der Waals surface area contributed by atoms with Gasteiger partial charge in [-0.25, -0.2) is 0 Å². The lowest BCUT2D eigenvalue weighted by Crippen LogP contribution is -2.36. The van der Waals surface area contributed by atoms with Crippen molar-refractivity contribution in [2.45, 2.75) is 38.5 Å². The number of carboxylic acids is 1. The summed E-state index contributed by atoms with van der Waals surface area (Å²) in [6.45, 7) is 4.91. The van der Waals surface area contributed by atoms with E-state index in [4.69, 9.17) is 9.51 Å². The lowest BCUT2D eigenvalue weighted by Gasteiger charge is -2.24. The van der Waals surface area contributed by atoms with Gasteiger partial charge < -0.3 is 14.5 Å². The standard InChI is InChI=1S/C22H25N3O4/c1-21(2)15(16(21)19(27)28)18(26)25-11-14-9-6-10-22(14,12-25)20-23-17(24-29-20)13-7-4-3-5-8-13/h3-5,7-8,14-16H,6,9-12H2,1-2H3,(H,27,28)/t14-,15-,16+,22-/m1/s1. The number of hydrogen-bond acceptors (Lipinski definition) is 5. The second-order valence-electron chi connectivity index (χ2n) is 9.37. The molecule has 1 aromatic carbocycles. The second kappa shape index (κ2) is 6.15. The summed E-state index contributed by atoms with van der Waals surface area (Å²) in [5.74, 6) is -0.511. The Balaban J connectivity index is 1.41. The first-order valence-corrected chi connectivity index (χ1v) is 10.3. The Morgan fingerprint density at radius 1 is 1.21 bits per heavy atom. The SMILES string of the molecule is CC1(C)[C@H](C(=O)O)[C@@H]1C(=O)N1C[C@H]2CCC[C@@]2(c2nc(-c3ccccc3)no2)C1. The molecule has 1 aliphatic heterocycles. The summed E-state index contributed by atoms with van der Waals surface area (Å²) in [6.07, 6.45) is 3.00. The topological polar surface area (TPSA) is 96.5 Å². The van der Waals surface area contributed by atoms with E-state index in [2.05, 4.69) is 5.16 Å². The molecule has 2 aliphatic carbocycles. The van der Waals surface area contributed by atoms with Gasteiger partial charge in [0.05, 0.1) is 17.3 Å². The molecule has 7 heteroatoms. The molecular formula is C22H25N3O4. The van der Waals surface area contributed by atoms with Crippen molar-refractivity contribution in [3.8, 4) is 11.4 Å². The Morgan fingerprint density at radius 3 is 2.66 bits per heavy atom. The van der Waals surface area contributed by atoms with Gasteiger partial charge >= 0.3 is 5.97 Å². The van der Waals surface area contributed by atoms with Crippen molar-refractivity contribution in [1.82, 2.24) is 15.0 Å². The molecule has 5 rings (SSSR count). The Labute approximate surface area is 169 Å². The molecule has 152 valence electrons. The van der Waals surface area contributed by atoms with Crippen molar-refractivity contribution < 1.29 is 19.2 Å². The molecule has 7 nitrogen and oxygen atoms in total. The van der Waals surface area contributed by atoms with Gasteiger partial charge in [-0.05, 0) is 24.2 Å². The molecule has 4 atom stereocenters. The molecule has 1 amide bonds. The maximum Gasteiger partial charge on any atom is 0.307 e. The highest BCUT2D eigenvalue weighted by atomic mass is 16.5. The number of fused-ring (bicyclic) bond motifs is 1. The zero-order chi connectivity index (χ0) is 20.4. The largest absolute Gasteiger partial charge is 0.481 e. The van der Waals surface area contributed by atoms with Crippen LogP contribution in [0.25, 0.3) is 11.4 Å². The highest BCUT2D eigenvalue weighted by Crippen LogP contribution is 2.60. The quantitative estimate of drug-likeness (QED) is 0.855. The normalized spacial score (nSPS) is 32.2. The number of rotatable bonds is 4. The van der Waals surface area contributed by atoms with Gasteiger partial charge in [0, 0.05) is 18.7 Å². The molecule has 29 heavy (non-hydrogen) atoms. The number of carboxylic acid groups (broad SMARTS) is 1. The van der Waals surface area contributed by atoms with Crippen LogP contribution in [0.1, 0.15) is 39.0 Å². The van der Waals surface area contributed by atoms with E-state index in [1.807, 2.05) is 49.1 Å². The van der Waals surface area contributed by atoms with E-state index in [9.17, 15) is 14.7 Å². The van der Waals surface area contributed by atoms with Gasteiger partial charge in [-0.15, -0.1) is 0 Å². The van der Waals surface area contributed by atoms with E-state index in [1.54, 1.807) is 0 Å². The molecule has 0 bridgehead atoms. The number of aliphatic carboxylic acids is 1. The van der Waals surface area contributed by atoms with E-state index in [-0.39, 0.29) is 17.2 Å². The fourth-order valence-electron chi connectivity index (χ4n) is 5.69. The molecule has 2 heterocycles. The van der Waals surface area contributed by atoms with Crippen molar-refractivity contribution in [1.29, 1.82) is 0 Å². The van der Waals surface area contributed by atoms with Crippen molar-refractivity contribution in [2.75, 3.05) is 13.1 Å². The third-order valence-corrected chi connectivity index (χ3v) is 7.43. The lowest BCUT2D eigenvalue weighted by atomic mass is 9.80. The molecule has 1 aromatic heterocycles. The monoisotopic (exact) mass is 395 g/mol. The summed E-state index contributed by atoms with van der Waals surface area (Å²) in [4.78, 5) is 31.3. The number of carbonyl (C=O) groups is 2. The van der Waals surface area contributed by atoms with Crippen molar-refractivity contribution in [3.63, 3.8) is 0 Å². The summed E-state index contributed by atoms with van der Waals surface area (Å²) < 4.78 is 5.72. The molecule has 0 unspecified atom stereocenters. The van der Waals surface area contributed by atoms with Crippen LogP contribution in [0.3, 0.4) is 0 Å². The molecule has 2 saturated carbocycles. The van der Waals surface area contributed by atoms with Gasteiger partial charge in [0.2, 0.25) is 17.6 Å². The Bertz CT molecular complexity index is 969. The summed E-state index contributed by atoms with van der Waals surface area (Å²) >= 11 is 0. The maximum absolute atomic E-state index is 13.2. The molecular weight excluding hydrogens is 370 g/mol. The van der Waals surface area contributed by atoms with Gasteiger partial charge in [-0.2, -0.15) is 4.98 Å². The number of aromatic nitrogens is 2. The minimum atomic E-state index is -0.883. The van der Waals surface area contributed by atoms with Crippen LogP contribution in [0.4, 0.5) is 0 Å². The number of likely N-dealkylation sites (tertiary alicyclic amines) is 1. The van der Waals surface area contributed by atoms with E-state index in [1.165, 1.54) is 0 Å². The summed E-state index contributed by atoms with van der Waals surface area (Å²) in [5.41, 5.74) is 0.107. The molecule has 1 saturated heterocycles. The van der Waals surface area contributed by atoms with Gasteiger partial charge in [-0.1, -0.05) is 55.8 Å². The summed E-state index contributed by atoms with van der Waals surface area (Å²) in [5, 5.41) is 13.6. The van der Waals surface area contributed by atoms with Gasteiger partial charge in [-0.3, -0.25) is 9.59 Å². The van der Waals surface area contributed by atoms with Crippen LogP contribution in [0.15, 0.2) is 34.9 Å². The number of hydrogen-bond donors (Lipinski definition) is 1. The average Bonchev–Trinajstić information content (AvgIpc) is 3.15. The Hall–Kier alpha value is -2.70. The van der Waals surface area contributed by atoms with Gasteiger partial charge in [0.15, 0.2) is 0 Å². The van der Waals surface area contributed by atoms with Crippen LogP contribution >= 0.6 is 0 Å². The lowest BCUT2D eigenvalue weighted by molar-refractivity contribution is -0.141. The molecule has 2 aromatic rings. The molecule has 3 aliphatic rings. The first-order chi connectivity index (χ1) is 13.8. The smallest absolute Gasteiger partial charge is 0.307 e. The van der Waals surface area contributed by atoms with Crippen molar-refractivity contribution in [2.24, 2.45) is 23.2 Å². The summed E-state index contributed by atoms with van der Waals surface area (Å²) in [6, 6.07) is 9.72. The summed E-state index contributed by atoms with van der Waals surface area (Å²) in [7, 11) is 0. The van der Waals surface area contributed by atoms with Crippen LogP contribution in [0.5, 0.6) is 0 Å². The molecule has 0 spiro atoms. The van der Waals surface area contributed by atoms with E-state index in [0.717, 1.165) is 24.8 Å². The molecule has 3 fully saturated rings. The number of benzene rings is 1. The maximum atomic E-state index is 13.2. The number of carbonyl (C=O) groups excluding carboxylic acids is 1. The van der Waals surface area contributed by atoms with Crippen LogP contribution in [-0.2, 0) is 15.0 Å². The van der Waals surface area contributed by atoms with Crippen molar-refractivity contribution >= 4 is 11.9 Å². The minimum absolute atomic E-state index is 0.0426. The third kappa shape index (κ3) is 2.63. The van der Waals surface area contributed by atoms with E-state index >= 15 is 0 Å². The minimum Gasteiger partial charge on any atom is -0.481 e.